The molecule has 542 valence electrons. The van der Waals surface area contributed by atoms with Crippen molar-refractivity contribution in [1.29, 1.82) is 0 Å². The topological polar surface area (TPSA) is 376 Å². The molecule has 8 atom stereocenters. The van der Waals surface area contributed by atoms with E-state index in [9.17, 15) is 53.7 Å². The van der Waals surface area contributed by atoms with Gasteiger partial charge in [-0.25, -0.2) is 15.3 Å². The molecule has 5 aromatic rings. The fourth-order valence-electron chi connectivity index (χ4n) is 13.3. The number of nitrogens with two attached hydrogens (primary N) is 1. The van der Waals surface area contributed by atoms with Gasteiger partial charge in [0.05, 0.1) is 29.6 Å². The van der Waals surface area contributed by atoms with Crippen molar-refractivity contribution in [2.45, 2.75) is 151 Å². The molecule has 27 nitrogen and oxygen atoms in total. The third-order valence-electron chi connectivity index (χ3n) is 19.1. The molecule has 27 heteroatoms. The van der Waals surface area contributed by atoms with Crippen LogP contribution in [0.3, 0.4) is 0 Å². The lowest BCUT2D eigenvalue weighted by molar-refractivity contribution is -0.137. The Morgan fingerprint density at radius 1 is 0.851 bits per heavy atom. The van der Waals surface area contributed by atoms with Crippen molar-refractivity contribution in [3.63, 3.8) is 0 Å². The van der Waals surface area contributed by atoms with Gasteiger partial charge in [-0.3, -0.25) is 53.0 Å². The van der Waals surface area contributed by atoms with Gasteiger partial charge >= 0.3 is 11.8 Å². The number of hydroxylamine groups is 1. The third-order valence-corrected chi connectivity index (χ3v) is 19.1. The molecule has 6 heterocycles. The fourth-order valence-corrected chi connectivity index (χ4v) is 13.3. The third kappa shape index (κ3) is 18.5. The molecular formula is C74H95N11O16. The summed E-state index contributed by atoms with van der Waals surface area (Å²) in [5.41, 5.74) is 8.24. The minimum Gasteiger partial charge on any atom is -0.507 e. The highest BCUT2D eigenvalue weighted by molar-refractivity contribution is 6.17. The zero-order valence-corrected chi connectivity index (χ0v) is 58.9. The number of unbranched alkanes of at least 4 members (excludes halogenated alkanes) is 2. The molecule has 101 heavy (non-hydrogen) atoms. The lowest BCUT2D eigenvalue weighted by atomic mass is 9.83. The maximum Gasteiger partial charge on any atom is 0.312 e. The van der Waals surface area contributed by atoms with Crippen molar-refractivity contribution >= 4 is 97.3 Å². The number of aliphatic hydroxyl groups is 2. The molecule has 8 amide bonds. The van der Waals surface area contributed by atoms with Crippen LogP contribution in [0.15, 0.2) is 98.7 Å². The number of imide groups is 1. The molecule has 1 saturated heterocycles. The molecule has 4 aromatic carbocycles. The molecule has 10 rings (SSSR count). The Morgan fingerprint density at radius 2 is 1.57 bits per heavy atom. The molecule has 1 aromatic heterocycles. The summed E-state index contributed by atoms with van der Waals surface area (Å²) in [7, 11) is 0. The number of urea groups is 1. The first-order valence-corrected chi connectivity index (χ1v) is 34.7. The first-order valence-electron chi connectivity index (χ1n) is 34.7. The number of allylic oxidation sites excluding steroid dienone is 4. The van der Waals surface area contributed by atoms with E-state index in [1.54, 1.807) is 69.3 Å². The summed E-state index contributed by atoms with van der Waals surface area (Å²) in [6.45, 7) is 20.3. The monoisotopic (exact) mass is 1390 g/mol. The highest BCUT2D eigenvalue weighted by Crippen LogP contribution is 2.42. The Kier molecular flexibility index (Phi) is 25.1. The second-order valence-electron chi connectivity index (χ2n) is 27.6. The van der Waals surface area contributed by atoms with Crippen LogP contribution in [0.4, 0.5) is 21.9 Å². The Morgan fingerprint density at radius 3 is 2.28 bits per heavy atom. The number of hydrogen-bond acceptors (Lipinski definition) is 20. The van der Waals surface area contributed by atoms with E-state index in [4.69, 9.17) is 29.4 Å². The number of aromatic hydroxyl groups is 1. The van der Waals surface area contributed by atoms with E-state index >= 15 is 4.79 Å². The lowest BCUT2D eigenvalue weighted by Gasteiger charge is -2.36. The summed E-state index contributed by atoms with van der Waals surface area (Å²) < 4.78 is 19.0. The average molecular weight is 1390 g/mol. The highest BCUT2D eigenvalue weighted by atomic mass is 16.7. The number of ether oxygens (including phenoxy) is 2. The number of benzene rings is 4. The SMILES string of the molecule is C/C1=C/C=C/[C@H](C)C[C@@H](C)C[C@@H](C)[C@H](O)[C@H](C)C/C=C/O[C@@]2(C)Oc3c(C)c(O)c4c(=O)c(c5oc6cc(N7CCN(CCNOCc8ccc(NC(=O)[C@H](CCCNC(N)=O)NC(=O)[C@@H](NC(=O)CCCCCN9C(=O)C=CC9=O)C(C)C)cc8)CC7)cc(=O)c6nc5c4c3=C2O)NC1=O. The van der Waals surface area contributed by atoms with Gasteiger partial charge in [0.25, 0.3) is 17.7 Å². The number of rotatable bonds is 23. The van der Waals surface area contributed by atoms with E-state index in [0.29, 0.717) is 82.7 Å². The first-order chi connectivity index (χ1) is 48.1. The number of primary amides is 1. The molecule has 0 unspecified atom stereocenters. The second kappa shape index (κ2) is 33.6. The van der Waals surface area contributed by atoms with Crippen molar-refractivity contribution in [3.8, 4) is 11.5 Å². The van der Waals surface area contributed by atoms with Gasteiger partial charge in [0.2, 0.25) is 28.6 Å². The highest BCUT2D eigenvalue weighted by Gasteiger charge is 2.44. The van der Waals surface area contributed by atoms with Crippen LogP contribution in [0.25, 0.3) is 38.7 Å². The van der Waals surface area contributed by atoms with E-state index in [1.807, 2.05) is 24.8 Å². The number of carbonyl (C=O) groups excluding carboxylic acids is 7. The predicted octanol–water partition coefficient (Wildman–Crippen LogP) is 6.76. The summed E-state index contributed by atoms with van der Waals surface area (Å²) in [6, 6.07) is 7.33. The number of nitrogens with one attached hydrogen (secondary N) is 6. The number of phenols is 1. The van der Waals surface area contributed by atoms with Gasteiger partial charge < -0.3 is 66.4 Å². The van der Waals surface area contributed by atoms with E-state index < -0.39 is 70.1 Å². The standard InChI is InChI=1S/C74H95N11O16/c1-41(2)60(80-54(87)20-11-10-12-29-85-55(88)25-26-56(85)89)72(96)79-51(19-14-27-76-73(75)97)71(95)78-49-23-21-48(22-24-49)40-99-77-28-30-83-31-33-84(34-32-83)50-38-52(86)61-53(39-50)100-68-62(81-61)57-58-65(91)47(8)67-59(57)69(93)74(9,101-67)98-35-15-18-44(5)64(90)46(7)37-43(4)36-42(3)16-13-17-45(6)70(94)82-63(68)66(58)92/h13,15-17,21-26,35,38-39,41-44,46,51,60,64,77,90-91,93H,10-12,14,18-20,27-34,36-37,40H2,1-9H3,(H,78,95)(H,79,96)(H,80,87)(H,82,94)(H3,75,76,97)/b16-13+,35-15+,45-17-/t42-,43+,44+,46+,51-,60-,64+,74-/m0/s1. The van der Waals surface area contributed by atoms with Crippen LogP contribution in [0.1, 0.15) is 124 Å². The van der Waals surface area contributed by atoms with Crippen LogP contribution >= 0.6 is 0 Å². The van der Waals surface area contributed by atoms with Crippen LogP contribution in [-0.4, -0.2) is 148 Å². The number of amides is 8. The van der Waals surface area contributed by atoms with Crippen LogP contribution in [0.2, 0.25) is 0 Å². The van der Waals surface area contributed by atoms with E-state index in [1.165, 1.54) is 38.3 Å². The lowest BCUT2D eigenvalue weighted by Crippen LogP contribution is -2.54. The largest absolute Gasteiger partial charge is 0.507 e. The number of hydrogen-bond donors (Lipinski definition) is 10. The van der Waals surface area contributed by atoms with Crippen LogP contribution < -0.4 is 63.5 Å². The zero-order valence-electron chi connectivity index (χ0n) is 58.9. The van der Waals surface area contributed by atoms with Crippen LogP contribution in [0.5, 0.6) is 11.5 Å². The number of carbonyl (C=O) groups is 7. The maximum absolute atomic E-state index is 15.0. The molecule has 5 bridgehead atoms. The van der Waals surface area contributed by atoms with Crippen LogP contribution in [-0.2, 0) is 44.9 Å². The zero-order chi connectivity index (χ0) is 73.0. The van der Waals surface area contributed by atoms with Crippen molar-refractivity contribution in [1.82, 2.24) is 36.2 Å². The van der Waals surface area contributed by atoms with Crippen molar-refractivity contribution in [3.05, 3.63) is 121 Å². The molecule has 0 saturated carbocycles. The van der Waals surface area contributed by atoms with Gasteiger partial charge in [-0.15, -0.1) is 0 Å². The number of aliphatic hydroxyl groups excluding tert-OH is 2. The molecule has 1 fully saturated rings. The molecule has 0 radical (unpaired) electrons. The quantitative estimate of drug-likeness (QED) is 0.0106. The molecule has 5 aliphatic rings. The number of phenolic OH excluding ortho intramolecular Hbond substituents is 1. The Hall–Kier alpha value is -9.70. The van der Waals surface area contributed by atoms with E-state index in [0.717, 1.165) is 23.3 Å². The normalized spacial score (nSPS) is 22.6. The summed E-state index contributed by atoms with van der Waals surface area (Å²) >= 11 is 0. The number of piperazine rings is 1. The van der Waals surface area contributed by atoms with Gasteiger partial charge in [0.15, 0.2) is 22.4 Å². The minimum absolute atomic E-state index is 0.00459. The average Bonchev–Trinajstić information content (AvgIpc) is 1.65. The van der Waals surface area contributed by atoms with Gasteiger partial charge in [-0.2, -0.15) is 0 Å². The first kappa shape index (κ1) is 75.5. The molecule has 11 N–H and O–H groups in total. The second-order valence-corrected chi connectivity index (χ2v) is 27.6. The van der Waals surface area contributed by atoms with Gasteiger partial charge in [0, 0.05) is 118 Å². The summed E-state index contributed by atoms with van der Waals surface area (Å²) in [6.07, 6.45) is 14.6. The van der Waals surface area contributed by atoms with E-state index in [2.05, 4.69) is 50.8 Å². The van der Waals surface area contributed by atoms with Crippen molar-refractivity contribution in [2.24, 2.45) is 35.3 Å². The minimum atomic E-state index is -1.87. The Balaban J connectivity index is 0.831. The molecule has 0 spiro atoms. The number of anilines is 3. The Bertz CT molecular complexity index is 4240. The van der Waals surface area contributed by atoms with Crippen LogP contribution in [0, 0.1) is 36.5 Å². The summed E-state index contributed by atoms with van der Waals surface area (Å²) in [5, 5.41) is 48.7. The molecular weight excluding hydrogens is 1300 g/mol. The molecule has 5 aliphatic heterocycles. The number of nitrogens with zero attached hydrogens (tertiary/aromatic N) is 4. The van der Waals surface area contributed by atoms with Gasteiger partial charge in [-0.05, 0) is 112 Å². The van der Waals surface area contributed by atoms with E-state index in [-0.39, 0.29) is 141 Å². The van der Waals surface area contributed by atoms with Gasteiger partial charge in [0.1, 0.15) is 34.8 Å². The number of aromatic nitrogens is 1. The smallest absolute Gasteiger partial charge is 0.312 e. The maximum atomic E-state index is 15.0. The summed E-state index contributed by atoms with van der Waals surface area (Å²) in [5.74, 6) is -5.71. The fraction of sp³-hybridized carbons (Fsp3) is 0.486. The molecule has 0 aliphatic carbocycles. The summed E-state index contributed by atoms with van der Waals surface area (Å²) in [4.78, 5) is 135. The van der Waals surface area contributed by atoms with Gasteiger partial charge in [-0.1, -0.05) is 78.3 Å². The number of fused-ring (bicyclic) bond motifs is 14. The Labute approximate surface area is 585 Å². The van der Waals surface area contributed by atoms with Crippen molar-refractivity contribution in [2.75, 3.05) is 67.9 Å². The predicted molar refractivity (Wildman–Crippen MR) is 383 cm³/mol. The van der Waals surface area contributed by atoms with Crippen molar-refractivity contribution < 1.29 is 67.6 Å².